The molecule has 0 amide bonds. The molecule has 2 N–H and O–H groups in total. The maximum atomic E-state index is 12.1. The van der Waals surface area contributed by atoms with Crippen LogP contribution in [-0.2, 0) is 40.8 Å². The van der Waals surface area contributed by atoms with Gasteiger partial charge in [-0.3, -0.25) is 18.7 Å². The summed E-state index contributed by atoms with van der Waals surface area (Å²) in [5, 5.41) is 16.3. The molecule has 0 saturated carbocycles. The van der Waals surface area contributed by atoms with Crippen LogP contribution in [0.1, 0.15) is 6.92 Å². The molecule has 0 bridgehead atoms. The molecule has 1 aliphatic rings. The van der Waals surface area contributed by atoms with Crippen molar-refractivity contribution in [2.45, 2.75) is 13.5 Å². The van der Waals surface area contributed by atoms with Gasteiger partial charge < -0.3 is 20.0 Å². The maximum absolute atomic E-state index is 12.1. The van der Waals surface area contributed by atoms with E-state index in [1.807, 2.05) is 0 Å². The topological polar surface area (TPSA) is 108 Å². The SMILES string of the molecule is CC(=O)O.CN1[CH-]N(C)c2c1c(=O)n(CCO)c(=O)n2C.[Ag+]. The summed E-state index contributed by atoms with van der Waals surface area (Å²) < 4.78 is 2.45. The monoisotopic (exact) mass is 406 g/mol. The number of fused-ring (bicyclic) bond motifs is 1. The molecule has 22 heavy (non-hydrogen) atoms. The van der Waals surface area contributed by atoms with Crippen molar-refractivity contribution in [2.24, 2.45) is 7.05 Å². The Hall–Kier alpha value is -1.55. The molecular formula is C12H19AgN4O5. The molecule has 1 aromatic heterocycles. The first-order valence-electron chi connectivity index (χ1n) is 6.17. The number of carboxylic acid groups (broad SMARTS) is 1. The number of aliphatic carboxylic acids is 1. The van der Waals surface area contributed by atoms with E-state index in [2.05, 4.69) is 0 Å². The summed E-state index contributed by atoms with van der Waals surface area (Å²) in [6, 6.07) is 0. The molecule has 2 heterocycles. The Kier molecular flexibility index (Phi) is 7.60. The quantitative estimate of drug-likeness (QED) is 0.460. The molecule has 9 nitrogen and oxygen atoms in total. The van der Waals surface area contributed by atoms with Gasteiger partial charge in [0.05, 0.1) is 13.2 Å². The molecule has 10 heteroatoms. The van der Waals surface area contributed by atoms with E-state index in [0.29, 0.717) is 11.5 Å². The number of aliphatic hydroxyl groups is 1. The minimum Gasteiger partial charge on any atom is -0.498 e. The number of hydrogen-bond acceptors (Lipinski definition) is 6. The van der Waals surface area contributed by atoms with Gasteiger partial charge in [-0.15, -0.1) is 0 Å². The molecule has 2 rings (SSSR count). The summed E-state index contributed by atoms with van der Waals surface area (Å²) >= 11 is 0. The average Bonchev–Trinajstić information content (AvgIpc) is 2.66. The first-order valence-corrected chi connectivity index (χ1v) is 6.17. The Bertz CT molecular complexity index is 650. The van der Waals surface area contributed by atoms with Gasteiger partial charge in [0.2, 0.25) is 0 Å². The second-order valence-corrected chi connectivity index (χ2v) is 4.55. The smallest absolute Gasteiger partial charge is 0.498 e. The Morgan fingerprint density at radius 2 is 1.68 bits per heavy atom. The summed E-state index contributed by atoms with van der Waals surface area (Å²) in [5.74, 6) is -0.267. The normalized spacial score (nSPS) is 12.2. The molecule has 0 radical (unpaired) electrons. The van der Waals surface area contributed by atoms with E-state index >= 15 is 0 Å². The summed E-state index contributed by atoms with van der Waals surface area (Å²) in [5.41, 5.74) is -0.346. The molecule has 0 fully saturated rings. The Morgan fingerprint density at radius 1 is 1.18 bits per heavy atom. The van der Waals surface area contributed by atoms with Crippen molar-refractivity contribution in [3.63, 3.8) is 0 Å². The van der Waals surface area contributed by atoms with Gasteiger partial charge in [-0.1, -0.05) is 0 Å². The van der Waals surface area contributed by atoms with E-state index in [4.69, 9.17) is 15.0 Å². The third-order valence-corrected chi connectivity index (χ3v) is 2.85. The van der Waals surface area contributed by atoms with Crippen LogP contribution in [0.25, 0.3) is 0 Å². The number of carbonyl (C=O) groups is 1. The summed E-state index contributed by atoms with van der Waals surface area (Å²) in [6.45, 7) is 2.59. The number of aliphatic hydroxyl groups excluding tert-OH is 1. The van der Waals surface area contributed by atoms with Crippen LogP contribution in [0.4, 0.5) is 11.5 Å². The number of nitrogens with zero attached hydrogens (tertiary/aromatic N) is 4. The fourth-order valence-electron chi connectivity index (χ4n) is 2.12. The summed E-state index contributed by atoms with van der Waals surface area (Å²) in [7, 11) is 5.13. The molecule has 0 saturated heterocycles. The first kappa shape index (κ1) is 20.5. The van der Waals surface area contributed by atoms with Crippen LogP contribution in [-0.4, -0.2) is 46.0 Å². The van der Waals surface area contributed by atoms with Gasteiger partial charge >= 0.3 is 28.1 Å². The molecule has 0 spiro atoms. The fraction of sp³-hybridized carbons (Fsp3) is 0.500. The maximum Gasteiger partial charge on any atom is 1.00 e. The van der Waals surface area contributed by atoms with Crippen molar-refractivity contribution >= 4 is 17.5 Å². The molecular weight excluding hydrogens is 388 g/mol. The van der Waals surface area contributed by atoms with E-state index in [9.17, 15) is 9.59 Å². The van der Waals surface area contributed by atoms with E-state index in [1.165, 1.54) is 4.57 Å². The van der Waals surface area contributed by atoms with Crippen molar-refractivity contribution in [3.8, 4) is 0 Å². The van der Waals surface area contributed by atoms with Gasteiger partial charge in [0, 0.05) is 14.0 Å². The van der Waals surface area contributed by atoms with Gasteiger partial charge in [-0.05, 0) is 14.1 Å². The number of hydrogen-bond donors (Lipinski definition) is 2. The largest absolute Gasteiger partial charge is 1.00 e. The standard InChI is InChI=1S/C10H15N4O3.C2H4O2.Ag/c1-11-6-12(2)8-7(11)9(16)14(4-5-15)10(17)13(8)3;1-2(3)4;/h6,15H,4-5H2,1-3H3;1H3,(H,3,4);/q-1;;+1. The van der Waals surface area contributed by atoms with Crippen molar-refractivity contribution in [1.82, 2.24) is 9.13 Å². The molecule has 0 atom stereocenters. The second kappa shape index (κ2) is 8.18. The minimum absolute atomic E-state index is 0. The molecule has 128 valence electrons. The zero-order valence-electron chi connectivity index (χ0n) is 12.7. The molecule has 0 aliphatic carbocycles. The summed E-state index contributed by atoms with van der Waals surface area (Å²) in [4.78, 5) is 36.5. The minimum atomic E-state index is -0.833. The number of aromatic nitrogens is 2. The van der Waals surface area contributed by atoms with Crippen LogP contribution in [0.5, 0.6) is 0 Å². The van der Waals surface area contributed by atoms with Gasteiger partial charge in [-0.25, -0.2) is 4.79 Å². The van der Waals surface area contributed by atoms with Crippen LogP contribution in [0.2, 0.25) is 0 Å². The van der Waals surface area contributed by atoms with Gasteiger partial charge in [0.15, 0.2) is 0 Å². The third kappa shape index (κ3) is 4.01. The van der Waals surface area contributed by atoms with Crippen LogP contribution < -0.4 is 21.0 Å². The van der Waals surface area contributed by atoms with E-state index in [0.717, 1.165) is 11.5 Å². The van der Waals surface area contributed by atoms with Crippen molar-refractivity contribution in [2.75, 3.05) is 30.5 Å². The number of carboxylic acids is 1. The van der Waals surface area contributed by atoms with E-state index < -0.39 is 11.7 Å². The van der Waals surface area contributed by atoms with Crippen LogP contribution in [0.3, 0.4) is 0 Å². The number of rotatable bonds is 2. The van der Waals surface area contributed by atoms with Gasteiger partial charge in [0.1, 0.15) is 11.5 Å². The third-order valence-electron chi connectivity index (χ3n) is 2.85. The van der Waals surface area contributed by atoms with Crippen LogP contribution in [0, 0.1) is 6.67 Å². The van der Waals surface area contributed by atoms with E-state index in [-0.39, 0.29) is 41.1 Å². The predicted molar refractivity (Wildman–Crippen MR) is 77.4 cm³/mol. The zero-order valence-corrected chi connectivity index (χ0v) is 14.2. The van der Waals surface area contributed by atoms with Crippen molar-refractivity contribution in [3.05, 3.63) is 27.5 Å². The average molecular weight is 407 g/mol. The van der Waals surface area contributed by atoms with Gasteiger partial charge in [0.25, 0.3) is 11.5 Å². The fourth-order valence-corrected chi connectivity index (χ4v) is 2.12. The molecule has 0 aromatic carbocycles. The van der Waals surface area contributed by atoms with Gasteiger partial charge in [-0.2, -0.15) is 6.67 Å². The van der Waals surface area contributed by atoms with Crippen LogP contribution >= 0.6 is 0 Å². The molecule has 0 unspecified atom stereocenters. The first-order chi connectivity index (χ1) is 9.72. The second-order valence-electron chi connectivity index (χ2n) is 4.55. The van der Waals surface area contributed by atoms with E-state index in [1.54, 1.807) is 37.6 Å². The number of anilines is 2. The molecule has 1 aromatic rings. The van der Waals surface area contributed by atoms with Crippen LogP contribution in [0.15, 0.2) is 9.59 Å². The Labute approximate surface area is 142 Å². The van der Waals surface area contributed by atoms with Crippen molar-refractivity contribution < 1.29 is 37.4 Å². The predicted octanol–water partition coefficient (Wildman–Crippen LogP) is -1.37. The zero-order chi connectivity index (χ0) is 16.3. The Balaban J connectivity index is 0.000000791. The Morgan fingerprint density at radius 3 is 2.14 bits per heavy atom. The van der Waals surface area contributed by atoms with Crippen molar-refractivity contribution in [1.29, 1.82) is 0 Å². The molecule has 1 aliphatic heterocycles. The summed E-state index contributed by atoms with van der Waals surface area (Å²) in [6.07, 6.45) is 0.